The quantitative estimate of drug-likeness (QED) is 0.172. The second-order valence-electron chi connectivity index (χ2n) is 17.5. The summed E-state index contributed by atoms with van der Waals surface area (Å²) in [5, 5.41) is 11.1. The van der Waals surface area contributed by atoms with E-state index in [1.807, 2.05) is 42.5 Å². The summed E-state index contributed by atoms with van der Waals surface area (Å²) >= 11 is 0. The lowest BCUT2D eigenvalue weighted by Gasteiger charge is -2.13. The van der Waals surface area contributed by atoms with E-state index in [2.05, 4.69) is 179 Å². The van der Waals surface area contributed by atoms with Gasteiger partial charge in [0, 0.05) is 54.5 Å². The Kier molecular flexibility index (Phi) is 7.65. The van der Waals surface area contributed by atoms with Crippen LogP contribution in [0.1, 0.15) is 0 Å². The monoisotopic (exact) mass is 869 g/mol. The van der Waals surface area contributed by atoms with Crippen LogP contribution in [0.5, 0.6) is 0 Å². The van der Waals surface area contributed by atoms with Gasteiger partial charge in [-0.1, -0.05) is 127 Å². The number of para-hydroxylation sites is 5. The first-order chi connectivity index (χ1) is 33.7. The first-order valence-electron chi connectivity index (χ1n) is 22.8. The fraction of sp³-hybridized carbons (Fsp3) is 0. The molecule has 0 saturated carbocycles. The van der Waals surface area contributed by atoms with Crippen LogP contribution < -0.4 is 0 Å². The predicted molar refractivity (Wildman–Crippen MR) is 277 cm³/mol. The lowest BCUT2D eigenvalue weighted by molar-refractivity contribution is 0.669. The molecule has 0 saturated heterocycles. The molecule has 0 N–H and O–H groups in total. The van der Waals surface area contributed by atoms with Crippen LogP contribution in [0.4, 0.5) is 0 Å². The first kappa shape index (κ1) is 36.9. The van der Waals surface area contributed by atoms with Crippen LogP contribution in [-0.2, 0) is 0 Å². The van der Waals surface area contributed by atoms with Gasteiger partial charge in [-0.15, -0.1) is 0 Å². The smallest absolute Gasteiger partial charge is 0.167 e. The minimum Gasteiger partial charge on any atom is -0.456 e. The molecule has 5 heterocycles. The number of fused-ring (bicyclic) bond motifs is 13. The molecular formula is C61H35N5O2. The Morgan fingerprint density at radius 3 is 1.68 bits per heavy atom. The maximum Gasteiger partial charge on any atom is 0.167 e. The first-order valence-corrected chi connectivity index (χ1v) is 22.8. The molecule has 5 aromatic heterocycles. The highest BCUT2D eigenvalue weighted by atomic mass is 16.3. The zero-order valence-corrected chi connectivity index (χ0v) is 36.3. The summed E-state index contributed by atoms with van der Waals surface area (Å²) in [4.78, 5) is 16.1. The van der Waals surface area contributed by atoms with E-state index in [4.69, 9.17) is 23.8 Å². The van der Waals surface area contributed by atoms with Crippen LogP contribution in [0, 0.1) is 0 Å². The molecule has 0 aliphatic rings. The molecule has 0 bridgehead atoms. The summed E-state index contributed by atoms with van der Waals surface area (Å²) in [6, 6.07) is 74.4. The van der Waals surface area contributed by atoms with Gasteiger partial charge in [0.2, 0.25) is 0 Å². The highest BCUT2D eigenvalue weighted by molar-refractivity contribution is 6.18. The molecule has 0 atom stereocenters. The number of benzene rings is 10. The predicted octanol–water partition coefficient (Wildman–Crippen LogP) is 16.0. The maximum absolute atomic E-state index is 6.98. The van der Waals surface area contributed by atoms with E-state index < -0.39 is 0 Å². The van der Waals surface area contributed by atoms with Gasteiger partial charge in [0.1, 0.15) is 22.3 Å². The van der Waals surface area contributed by atoms with Gasteiger partial charge in [0.05, 0.1) is 38.7 Å². The van der Waals surface area contributed by atoms with Crippen molar-refractivity contribution in [1.82, 2.24) is 24.1 Å². The minimum absolute atomic E-state index is 0.509. The Labute approximate surface area is 387 Å². The van der Waals surface area contributed by atoms with Crippen molar-refractivity contribution < 1.29 is 8.83 Å². The number of hydrogen-bond acceptors (Lipinski definition) is 5. The largest absolute Gasteiger partial charge is 0.456 e. The molecule has 316 valence electrons. The van der Waals surface area contributed by atoms with Crippen LogP contribution in [0.3, 0.4) is 0 Å². The van der Waals surface area contributed by atoms with Crippen LogP contribution >= 0.6 is 0 Å². The Balaban J connectivity index is 1.00. The molecule has 10 aromatic carbocycles. The normalized spacial score (nSPS) is 12.1. The molecule has 0 amide bonds. The van der Waals surface area contributed by atoms with Crippen molar-refractivity contribution in [2.75, 3.05) is 0 Å². The van der Waals surface area contributed by atoms with E-state index in [9.17, 15) is 0 Å². The van der Waals surface area contributed by atoms with Crippen molar-refractivity contribution in [3.05, 3.63) is 212 Å². The molecule has 0 spiro atoms. The third-order valence-corrected chi connectivity index (χ3v) is 13.7. The zero-order chi connectivity index (χ0) is 44.5. The molecule has 7 nitrogen and oxygen atoms in total. The lowest BCUT2D eigenvalue weighted by Crippen LogP contribution is -2.01. The Bertz CT molecular complexity index is 4570. The van der Waals surface area contributed by atoms with E-state index in [0.29, 0.717) is 23.1 Å². The molecule has 0 unspecified atom stereocenters. The summed E-state index contributed by atoms with van der Waals surface area (Å²) in [5.41, 5.74) is 12.2. The second kappa shape index (κ2) is 14.1. The topological polar surface area (TPSA) is 74.8 Å². The molecule has 68 heavy (non-hydrogen) atoms. The third kappa shape index (κ3) is 5.38. The van der Waals surface area contributed by atoms with Crippen LogP contribution in [0.15, 0.2) is 221 Å². The van der Waals surface area contributed by atoms with E-state index in [1.54, 1.807) is 0 Å². The van der Waals surface area contributed by atoms with E-state index in [-0.39, 0.29) is 0 Å². The van der Waals surface area contributed by atoms with Gasteiger partial charge in [-0.25, -0.2) is 15.0 Å². The average molecular weight is 870 g/mol. The summed E-state index contributed by atoms with van der Waals surface area (Å²) in [5.74, 6) is 1.61. The third-order valence-electron chi connectivity index (χ3n) is 13.7. The molecule has 0 aliphatic heterocycles. The van der Waals surface area contributed by atoms with Crippen molar-refractivity contribution in [3.8, 4) is 45.5 Å². The highest BCUT2D eigenvalue weighted by Gasteiger charge is 2.24. The fourth-order valence-corrected chi connectivity index (χ4v) is 10.7. The van der Waals surface area contributed by atoms with Crippen molar-refractivity contribution in [1.29, 1.82) is 0 Å². The average Bonchev–Trinajstić information content (AvgIpc) is 4.15. The number of rotatable bonds is 5. The number of aromatic nitrogens is 5. The van der Waals surface area contributed by atoms with Crippen LogP contribution in [-0.4, -0.2) is 24.1 Å². The Hall–Kier alpha value is -9.33. The van der Waals surface area contributed by atoms with Gasteiger partial charge in [0.15, 0.2) is 17.5 Å². The van der Waals surface area contributed by atoms with Crippen molar-refractivity contribution in [2.45, 2.75) is 0 Å². The summed E-state index contributed by atoms with van der Waals surface area (Å²) in [6.45, 7) is 0. The Morgan fingerprint density at radius 2 is 0.882 bits per heavy atom. The molecule has 0 radical (unpaired) electrons. The highest BCUT2D eigenvalue weighted by Crippen LogP contribution is 2.44. The molecule has 15 aromatic rings. The van der Waals surface area contributed by atoms with Gasteiger partial charge in [0.25, 0.3) is 0 Å². The van der Waals surface area contributed by atoms with E-state index in [1.165, 1.54) is 26.9 Å². The SMILES string of the molecule is c1ccc(-n2c3ccccc3c3ccc(-c4nc(-c5ccc6oc7ccccc7c6c5)nc(-c5ccc(-n6c7ccccc7c7cc8ccccc8cc76)c6c5oc5ccccc56)n4)cc32)cc1. The van der Waals surface area contributed by atoms with Gasteiger partial charge < -0.3 is 18.0 Å². The van der Waals surface area contributed by atoms with Crippen molar-refractivity contribution in [2.24, 2.45) is 0 Å². The summed E-state index contributed by atoms with van der Waals surface area (Å²) < 4.78 is 18.0. The van der Waals surface area contributed by atoms with Crippen LogP contribution in [0.25, 0.3) is 144 Å². The number of hydrogen-bond donors (Lipinski definition) is 0. The second-order valence-corrected chi connectivity index (χ2v) is 17.5. The van der Waals surface area contributed by atoms with Gasteiger partial charge >= 0.3 is 0 Å². The fourth-order valence-electron chi connectivity index (χ4n) is 10.7. The number of nitrogens with zero attached hydrogens (tertiary/aromatic N) is 5. The minimum atomic E-state index is 0.509. The van der Waals surface area contributed by atoms with E-state index in [0.717, 1.165) is 93.8 Å². The molecule has 0 aliphatic carbocycles. The van der Waals surface area contributed by atoms with Crippen molar-refractivity contribution in [3.63, 3.8) is 0 Å². The molecule has 15 rings (SSSR count). The summed E-state index contributed by atoms with van der Waals surface area (Å²) in [7, 11) is 0. The van der Waals surface area contributed by atoms with E-state index >= 15 is 0 Å². The Morgan fingerprint density at radius 1 is 0.324 bits per heavy atom. The molecule has 0 fully saturated rings. The maximum atomic E-state index is 6.98. The zero-order valence-electron chi connectivity index (χ0n) is 36.3. The summed E-state index contributed by atoms with van der Waals surface area (Å²) in [6.07, 6.45) is 0. The van der Waals surface area contributed by atoms with Crippen molar-refractivity contribution >= 4 is 98.3 Å². The standard InChI is InChI=1S/C61H35N5O2/c1-2-16-40(17-3-1)65-49-22-10-6-18-41(49)43-28-26-39(35-52(43)65)60-62-59(38-27-31-56-48(33-38)44-20-8-12-24-54(44)67-56)63-61(64-60)46-29-30-51(57-45-21-9-13-25-55(45)68-58(46)57)66-50-23-11-7-19-42(50)47-32-36-14-4-5-15-37(36)34-53(47)66/h1-35H. The van der Waals surface area contributed by atoms with Gasteiger partial charge in [-0.05, 0) is 95.7 Å². The lowest BCUT2D eigenvalue weighted by atomic mass is 10.0. The molecular weight excluding hydrogens is 835 g/mol. The van der Waals surface area contributed by atoms with Gasteiger partial charge in [-0.3, -0.25) is 0 Å². The van der Waals surface area contributed by atoms with Gasteiger partial charge in [-0.2, -0.15) is 0 Å². The van der Waals surface area contributed by atoms with Crippen LogP contribution in [0.2, 0.25) is 0 Å². The molecule has 7 heteroatoms. The number of furan rings is 2.